The van der Waals surface area contributed by atoms with Crippen LogP contribution in [0.3, 0.4) is 0 Å². The van der Waals surface area contributed by atoms with Gasteiger partial charge < -0.3 is 4.74 Å². The Morgan fingerprint density at radius 2 is 1.80 bits per heavy atom. The summed E-state index contributed by atoms with van der Waals surface area (Å²) in [5.74, 6) is 0. The van der Waals surface area contributed by atoms with Crippen molar-refractivity contribution in [2.75, 3.05) is 6.61 Å². The molecule has 1 aromatic rings. The van der Waals surface area contributed by atoms with Crippen LogP contribution in [0.2, 0.25) is 0 Å². The Labute approximate surface area is 86.9 Å². The SMILES string of the molecule is CCC(OCC(F)(F)F)c1ccccc1. The van der Waals surface area contributed by atoms with E-state index in [4.69, 9.17) is 4.74 Å². The minimum absolute atomic E-state index is 0.479. The van der Waals surface area contributed by atoms with Gasteiger partial charge in [-0.3, -0.25) is 0 Å². The van der Waals surface area contributed by atoms with Gasteiger partial charge in [-0.05, 0) is 12.0 Å². The molecule has 0 aliphatic heterocycles. The number of benzene rings is 1. The molecule has 0 saturated carbocycles. The van der Waals surface area contributed by atoms with Crippen molar-refractivity contribution >= 4 is 0 Å². The van der Waals surface area contributed by atoms with E-state index in [1.54, 1.807) is 31.2 Å². The topological polar surface area (TPSA) is 9.23 Å². The summed E-state index contributed by atoms with van der Waals surface area (Å²) < 4.78 is 40.6. The molecule has 15 heavy (non-hydrogen) atoms. The predicted octanol–water partition coefficient (Wildman–Crippen LogP) is 3.72. The first-order valence-corrected chi connectivity index (χ1v) is 4.76. The minimum atomic E-state index is -4.26. The van der Waals surface area contributed by atoms with Crippen LogP contribution < -0.4 is 0 Å². The minimum Gasteiger partial charge on any atom is -0.364 e. The summed E-state index contributed by atoms with van der Waals surface area (Å²) in [6, 6.07) is 8.93. The fraction of sp³-hybridized carbons (Fsp3) is 0.455. The third-order valence-electron chi connectivity index (χ3n) is 1.99. The Balaban J connectivity index is 2.58. The van der Waals surface area contributed by atoms with E-state index in [0.29, 0.717) is 6.42 Å². The highest BCUT2D eigenvalue weighted by atomic mass is 19.4. The van der Waals surface area contributed by atoms with Crippen LogP contribution in [0, 0.1) is 0 Å². The van der Waals surface area contributed by atoms with Gasteiger partial charge >= 0.3 is 6.18 Å². The molecule has 1 atom stereocenters. The molecular weight excluding hydrogens is 205 g/mol. The first-order valence-electron chi connectivity index (χ1n) is 4.76. The zero-order valence-electron chi connectivity index (χ0n) is 8.42. The maximum atomic E-state index is 11.9. The maximum Gasteiger partial charge on any atom is 0.411 e. The van der Waals surface area contributed by atoms with Gasteiger partial charge in [-0.2, -0.15) is 13.2 Å². The third-order valence-corrected chi connectivity index (χ3v) is 1.99. The highest BCUT2D eigenvalue weighted by Crippen LogP contribution is 2.24. The summed E-state index contributed by atoms with van der Waals surface area (Å²) in [5, 5.41) is 0. The number of ether oxygens (including phenoxy) is 1. The second-order valence-corrected chi connectivity index (χ2v) is 3.23. The lowest BCUT2D eigenvalue weighted by Crippen LogP contribution is -2.19. The van der Waals surface area contributed by atoms with Gasteiger partial charge in [0.15, 0.2) is 0 Å². The molecule has 1 unspecified atom stereocenters. The second kappa shape index (κ2) is 5.16. The molecule has 0 N–H and O–H groups in total. The molecule has 84 valence electrons. The smallest absolute Gasteiger partial charge is 0.364 e. The van der Waals surface area contributed by atoms with Crippen molar-refractivity contribution in [3.05, 3.63) is 35.9 Å². The van der Waals surface area contributed by atoms with Crippen LogP contribution in [0.5, 0.6) is 0 Å². The van der Waals surface area contributed by atoms with Crippen molar-refractivity contribution in [2.45, 2.75) is 25.6 Å². The molecule has 0 radical (unpaired) electrons. The van der Waals surface area contributed by atoms with Gasteiger partial charge in [0, 0.05) is 0 Å². The van der Waals surface area contributed by atoms with Gasteiger partial charge in [-0.15, -0.1) is 0 Å². The number of alkyl halides is 3. The second-order valence-electron chi connectivity index (χ2n) is 3.23. The lowest BCUT2D eigenvalue weighted by Gasteiger charge is -2.17. The Hall–Kier alpha value is -1.03. The standard InChI is InChI=1S/C11H13F3O/c1-2-10(15-8-11(12,13)14)9-6-4-3-5-7-9/h3-7,10H,2,8H2,1H3. The summed E-state index contributed by atoms with van der Waals surface area (Å²) in [7, 11) is 0. The fourth-order valence-electron chi connectivity index (χ4n) is 1.31. The molecule has 0 aliphatic carbocycles. The predicted molar refractivity (Wildman–Crippen MR) is 51.5 cm³/mol. The van der Waals surface area contributed by atoms with Crippen molar-refractivity contribution in [3.63, 3.8) is 0 Å². The van der Waals surface area contributed by atoms with Crippen LogP contribution in [0.15, 0.2) is 30.3 Å². The fourth-order valence-corrected chi connectivity index (χ4v) is 1.31. The van der Waals surface area contributed by atoms with Gasteiger partial charge in [0.05, 0.1) is 6.10 Å². The van der Waals surface area contributed by atoms with Crippen molar-refractivity contribution in [3.8, 4) is 0 Å². The van der Waals surface area contributed by atoms with Gasteiger partial charge in [0.25, 0.3) is 0 Å². The van der Waals surface area contributed by atoms with E-state index in [2.05, 4.69) is 0 Å². The van der Waals surface area contributed by atoms with E-state index >= 15 is 0 Å². The van der Waals surface area contributed by atoms with Crippen LogP contribution >= 0.6 is 0 Å². The van der Waals surface area contributed by atoms with E-state index in [-0.39, 0.29) is 0 Å². The lowest BCUT2D eigenvalue weighted by atomic mass is 10.1. The molecule has 0 bridgehead atoms. The van der Waals surface area contributed by atoms with Crippen LogP contribution in [0.1, 0.15) is 25.0 Å². The number of hydrogen-bond donors (Lipinski definition) is 0. The quantitative estimate of drug-likeness (QED) is 0.748. The highest BCUT2D eigenvalue weighted by Gasteiger charge is 2.29. The van der Waals surface area contributed by atoms with Crippen LogP contribution in [0.25, 0.3) is 0 Å². The molecule has 0 aromatic heterocycles. The number of hydrogen-bond acceptors (Lipinski definition) is 1. The first kappa shape index (κ1) is 12.0. The molecule has 1 nitrogen and oxygen atoms in total. The molecular formula is C11H13F3O. The molecule has 1 aromatic carbocycles. The average molecular weight is 218 g/mol. The molecule has 4 heteroatoms. The molecule has 1 rings (SSSR count). The average Bonchev–Trinajstić information content (AvgIpc) is 2.19. The Bertz CT molecular complexity index is 282. The van der Waals surface area contributed by atoms with Gasteiger partial charge in [0.2, 0.25) is 0 Å². The first-order chi connectivity index (χ1) is 7.03. The van der Waals surface area contributed by atoms with Crippen molar-refractivity contribution in [1.82, 2.24) is 0 Å². The zero-order chi connectivity index (χ0) is 11.3. The van der Waals surface area contributed by atoms with Crippen molar-refractivity contribution < 1.29 is 17.9 Å². The summed E-state index contributed by atoms with van der Waals surface area (Å²) in [6.07, 6.45) is -4.21. The Morgan fingerprint density at radius 3 is 2.27 bits per heavy atom. The highest BCUT2D eigenvalue weighted by molar-refractivity contribution is 5.17. The van der Waals surface area contributed by atoms with E-state index in [9.17, 15) is 13.2 Å². The Kier molecular flexibility index (Phi) is 4.15. The monoisotopic (exact) mass is 218 g/mol. The van der Waals surface area contributed by atoms with Crippen LogP contribution in [-0.4, -0.2) is 12.8 Å². The van der Waals surface area contributed by atoms with Gasteiger partial charge in [0.1, 0.15) is 6.61 Å². The maximum absolute atomic E-state index is 11.9. The van der Waals surface area contributed by atoms with E-state index in [1.807, 2.05) is 6.07 Å². The van der Waals surface area contributed by atoms with Crippen LogP contribution in [0.4, 0.5) is 13.2 Å². The Morgan fingerprint density at radius 1 is 1.20 bits per heavy atom. The van der Waals surface area contributed by atoms with Gasteiger partial charge in [-0.25, -0.2) is 0 Å². The summed E-state index contributed by atoms with van der Waals surface area (Å²) in [4.78, 5) is 0. The van der Waals surface area contributed by atoms with Gasteiger partial charge in [-0.1, -0.05) is 37.3 Å². The molecule has 0 fully saturated rings. The molecule has 0 spiro atoms. The molecule has 0 amide bonds. The molecule has 0 heterocycles. The molecule has 0 aliphatic rings. The van der Waals surface area contributed by atoms with Crippen molar-refractivity contribution in [1.29, 1.82) is 0 Å². The van der Waals surface area contributed by atoms with Crippen LogP contribution in [-0.2, 0) is 4.74 Å². The number of halogens is 3. The molecule has 0 saturated heterocycles. The summed E-state index contributed by atoms with van der Waals surface area (Å²) in [5.41, 5.74) is 0.782. The largest absolute Gasteiger partial charge is 0.411 e. The normalized spacial score (nSPS) is 13.9. The summed E-state index contributed by atoms with van der Waals surface area (Å²) in [6.45, 7) is 0.606. The third kappa shape index (κ3) is 4.34. The van der Waals surface area contributed by atoms with Crippen molar-refractivity contribution in [2.24, 2.45) is 0 Å². The summed E-state index contributed by atoms with van der Waals surface area (Å²) >= 11 is 0. The zero-order valence-corrected chi connectivity index (χ0v) is 8.42. The van der Waals surface area contributed by atoms with E-state index < -0.39 is 18.9 Å². The number of rotatable bonds is 4. The lowest BCUT2D eigenvalue weighted by molar-refractivity contribution is -0.186. The van der Waals surface area contributed by atoms with E-state index in [1.165, 1.54) is 0 Å². The van der Waals surface area contributed by atoms with E-state index in [0.717, 1.165) is 5.56 Å².